The van der Waals surface area contributed by atoms with E-state index >= 15 is 0 Å². The molecular weight excluding hydrogens is 257 g/mol. The fourth-order valence-electron chi connectivity index (χ4n) is 1.54. The van der Waals surface area contributed by atoms with Crippen molar-refractivity contribution in [3.63, 3.8) is 0 Å². The highest BCUT2D eigenvalue weighted by Gasteiger charge is 2.05. The van der Waals surface area contributed by atoms with Crippen LogP contribution < -0.4 is 5.32 Å². The lowest BCUT2D eigenvalue weighted by Gasteiger charge is -2.04. The van der Waals surface area contributed by atoms with Crippen molar-refractivity contribution < 1.29 is 9.18 Å². The van der Waals surface area contributed by atoms with E-state index in [4.69, 9.17) is 11.6 Å². The van der Waals surface area contributed by atoms with Crippen LogP contribution in [0.25, 0.3) is 0 Å². The van der Waals surface area contributed by atoms with Gasteiger partial charge in [-0.1, -0.05) is 17.7 Å². The van der Waals surface area contributed by atoms with Gasteiger partial charge in [0, 0.05) is 18.1 Å². The molecule has 6 heteroatoms. The van der Waals surface area contributed by atoms with Gasteiger partial charge in [0.25, 0.3) is 0 Å². The Hall–Kier alpha value is -1.88. The number of anilines is 1. The molecule has 0 unspecified atom stereocenters. The van der Waals surface area contributed by atoms with E-state index in [1.807, 2.05) is 0 Å². The smallest absolute Gasteiger partial charge is 0.221 e. The van der Waals surface area contributed by atoms with Gasteiger partial charge in [-0.15, -0.1) is 0 Å². The van der Waals surface area contributed by atoms with Crippen LogP contribution in [0.2, 0.25) is 5.02 Å². The third kappa shape index (κ3) is 3.07. The van der Waals surface area contributed by atoms with Crippen LogP contribution >= 0.6 is 11.6 Å². The van der Waals surface area contributed by atoms with E-state index in [1.54, 1.807) is 23.1 Å². The van der Waals surface area contributed by atoms with Crippen LogP contribution in [0, 0.1) is 5.82 Å². The maximum atomic E-state index is 12.9. The van der Waals surface area contributed by atoms with Gasteiger partial charge in [-0.05, 0) is 17.7 Å². The quantitative estimate of drug-likeness (QED) is 0.929. The lowest BCUT2D eigenvalue weighted by molar-refractivity contribution is -0.114. The lowest BCUT2D eigenvalue weighted by Crippen LogP contribution is -2.05. The highest BCUT2D eigenvalue weighted by molar-refractivity contribution is 6.31. The predicted molar refractivity (Wildman–Crippen MR) is 67.0 cm³/mol. The van der Waals surface area contributed by atoms with Gasteiger partial charge >= 0.3 is 0 Å². The number of halogens is 2. The SMILES string of the molecule is CC(=O)Nc1cnn(Cc2ccc(F)cc2Cl)c1. The van der Waals surface area contributed by atoms with Crippen LogP contribution in [0.15, 0.2) is 30.6 Å². The number of carbonyl (C=O) groups is 1. The first kappa shape index (κ1) is 12.6. The fourth-order valence-corrected chi connectivity index (χ4v) is 1.77. The molecule has 0 bridgehead atoms. The van der Waals surface area contributed by atoms with Crippen molar-refractivity contribution in [1.29, 1.82) is 0 Å². The van der Waals surface area contributed by atoms with Crippen molar-refractivity contribution in [2.24, 2.45) is 0 Å². The molecule has 1 amide bonds. The van der Waals surface area contributed by atoms with Gasteiger partial charge in [0.15, 0.2) is 0 Å². The van der Waals surface area contributed by atoms with Crippen molar-refractivity contribution >= 4 is 23.2 Å². The molecule has 2 rings (SSSR count). The Morgan fingerprint density at radius 2 is 2.33 bits per heavy atom. The molecule has 1 aromatic carbocycles. The van der Waals surface area contributed by atoms with Crippen LogP contribution in [0.3, 0.4) is 0 Å². The molecule has 94 valence electrons. The van der Waals surface area contributed by atoms with Crippen LogP contribution in [0.5, 0.6) is 0 Å². The molecule has 0 spiro atoms. The third-order valence-corrected chi connectivity index (χ3v) is 2.65. The molecule has 0 atom stereocenters. The minimum absolute atomic E-state index is 0.158. The Labute approximate surface area is 108 Å². The molecule has 1 heterocycles. The zero-order chi connectivity index (χ0) is 13.1. The summed E-state index contributed by atoms with van der Waals surface area (Å²) >= 11 is 5.92. The van der Waals surface area contributed by atoms with Gasteiger partial charge in [-0.3, -0.25) is 9.48 Å². The van der Waals surface area contributed by atoms with E-state index in [9.17, 15) is 9.18 Å². The standard InChI is InChI=1S/C12H11ClFN3O/c1-8(18)16-11-5-15-17(7-11)6-9-2-3-10(14)4-12(9)13/h2-5,7H,6H2,1H3,(H,16,18). The van der Waals surface area contributed by atoms with Crippen molar-refractivity contribution in [2.75, 3.05) is 5.32 Å². The lowest BCUT2D eigenvalue weighted by atomic mass is 10.2. The number of amides is 1. The van der Waals surface area contributed by atoms with E-state index in [2.05, 4.69) is 10.4 Å². The van der Waals surface area contributed by atoms with Crippen molar-refractivity contribution in [3.8, 4) is 0 Å². The number of benzene rings is 1. The molecule has 0 saturated carbocycles. The topological polar surface area (TPSA) is 46.9 Å². The summed E-state index contributed by atoms with van der Waals surface area (Å²) in [5.74, 6) is -0.530. The number of aromatic nitrogens is 2. The van der Waals surface area contributed by atoms with Gasteiger partial charge in [-0.25, -0.2) is 4.39 Å². The monoisotopic (exact) mass is 267 g/mol. The Kier molecular flexibility index (Phi) is 3.62. The minimum Gasteiger partial charge on any atom is -0.324 e. The molecule has 2 aromatic rings. The summed E-state index contributed by atoms with van der Waals surface area (Å²) in [5, 5.41) is 7.05. The zero-order valence-electron chi connectivity index (χ0n) is 9.65. The average Bonchev–Trinajstić information content (AvgIpc) is 2.69. The van der Waals surface area contributed by atoms with E-state index in [-0.39, 0.29) is 11.7 Å². The summed E-state index contributed by atoms with van der Waals surface area (Å²) in [4.78, 5) is 10.9. The highest BCUT2D eigenvalue weighted by atomic mass is 35.5. The maximum Gasteiger partial charge on any atom is 0.221 e. The number of nitrogens with zero attached hydrogens (tertiary/aromatic N) is 2. The number of rotatable bonds is 3. The van der Waals surface area contributed by atoms with E-state index in [1.165, 1.54) is 19.1 Å². The number of carbonyl (C=O) groups excluding carboxylic acids is 1. The summed E-state index contributed by atoms with van der Waals surface area (Å²) in [7, 11) is 0. The van der Waals surface area contributed by atoms with Crippen molar-refractivity contribution in [2.45, 2.75) is 13.5 Å². The number of nitrogens with one attached hydrogen (secondary N) is 1. The highest BCUT2D eigenvalue weighted by Crippen LogP contribution is 2.18. The summed E-state index contributed by atoms with van der Waals surface area (Å²) < 4.78 is 14.5. The second-order valence-electron chi connectivity index (χ2n) is 3.84. The van der Waals surface area contributed by atoms with E-state index < -0.39 is 0 Å². The van der Waals surface area contributed by atoms with Gasteiger partial charge in [0.05, 0.1) is 18.4 Å². The minimum atomic E-state index is -0.372. The number of hydrogen-bond donors (Lipinski definition) is 1. The third-order valence-electron chi connectivity index (χ3n) is 2.30. The predicted octanol–water partition coefficient (Wildman–Crippen LogP) is 2.68. The molecule has 0 aliphatic carbocycles. The van der Waals surface area contributed by atoms with Gasteiger partial charge < -0.3 is 5.32 Å². The Morgan fingerprint density at radius 1 is 1.56 bits per heavy atom. The second-order valence-corrected chi connectivity index (χ2v) is 4.25. The molecule has 0 aliphatic rings. The van der Waals surface area contributed by atoms with Gasteiger partial charge in [0.2, 0.25) is 5.91 Å². The fraction of sp³-hybridized carbons (Fsp3) is 0.167. The largest absolute Gasteiger partial charge is 0.324 e. The summed E-state index contributed by atoms with van der Waals surface area (Å²) in [5.41, 5.74) is 1.37. The average molecular weight is 268 g/mol. The Balaban J connectivity index is 2.13. The first-order valence-corrected chi connectivity index (χ1v) is 5.66. The molecule has 4 nitrogen and oxygen atoms in total. The second kappa shape index (κ2) is 5.18. The molecule has 0 aliphatic heterocycles. The molecule has 0 radical (unpaired) electrons. The van der Waals surface area contributed by atoms with E-state index in [0.29, 0.717) is 17.3 Å². The van der Waals surface area contributed by atoms with Gasteiger partial charge in [0.1, 0.15) is 5.82 Å². The Morgan fingerprint density at radius 3 is 3.00 bits per heavy atom. The molecular formula is C12H11ClFN3O. The normalized spacial score (nSPS) is 10.4. The Bertz CT molecular complexity index is 582. The first-order chi connectivity index (χ1) is 8.54. The molecule has 0 saturated heterocycles. The van der Waals surface area contributed by atoms with Crippen LogP contribution in [-0.2, 0) is 11.3 Å². The summed E-state index contributed by atoms with van der Waals surface area (Å²) in [6, 6.07) is 4.21. The maximum absolute atomic E-state index is 12.9. The van der Waals surface area contributed by atoms with Gasteiger partial charge in [-0.2, -0.15) is 5.10 Å². The first-order valence-electron chi connectivity index (χ1n) is 5.28. The summed E-state index contributed by atoms with van der Waals surface area (Å²) in [6.07, 6.45) is 3.22. The van der Waals surface area contributed by atoms with Crippen molar-refractivity contribution in [1.82, 2.24) is 9.78 Å². The van der Waals surface area contributed by atoms with Crippen LogP contribution in [0.1, 0.15) is 12.5 Å². The summed E-state index contributed by atoms with van der Waals surface area (Å²) in [6.45, 7) is 1.84. The van der Waals surface area contributed by atoms with Crippen LogP contribution in [0.4, 0.5) is 10.1 Å². The molecule has 1 N–H and O–H groups in total. The zero-order valence-corrected chi connectivity index (χ0v) is 10.4. The van der Waals surface area contributed by atoms with E-state index in [0.717, 1.165) is 5.56 Å². The van der Waals surface area contributed by atoms with Crippen LogP contribution in [-0.4, -0.2) is 15.7 Å². The van der Waals surface area contributed by atoms with Crippen molar-refractivity contribution in [3.05, 3.63) is 47.0 Å². The molecule has 18 heavy (non-hydrogen) atoms. The molecule has 1 aromatic heterocycles. The molecule has 0 fully saturated rings. The number of hydrogen-bond acceptors (Lipinski definition) is 2.